The molecule has 2 aromatic carbocycles. The Labute approximate surface area is 148 Å². The predicted octanol–water partition coefficient (Wildman–Crippen LogP) is 3.46. The molecule has 0 saturated heterocycles. The van der Waals surface area contributed by atoms with Gasteiger partial charge in [-0.2, -0.15) is 0 Å². The molecule has 0 bridgehead atoms. The zero-order chi connectivity index (χ0) is 18.1. The molecule has 26 heavy (non-hydrogen) atoms. The van der Waals surface area contributed by atoms with Crippen LogP contribution < -0.4 is 11.1 Å². The van der Waals surface area contributed by atoms with Crippen molar-refractivity contribution in [1.82, 2.24) is 9.55 Å². The van der Waals surface area contributed by atoms with Crippen LogP contribution >= 0.6 is 0 Å². The number of anilines is 1. The number of hydrogen-bond acceptors (Lipinski definition) is 5. The Morgan fingerprint density at radius 1 is 1.15 bits per heavy atom. The van der Waals surface area contributed by atoms with Gasteiger partial charge in [-0.25, -0.2) is 9.78 Å². The summed E-state index contributed by atoms with van der Waals surface area (Å²) < 4.78 is 12.1. The number of aromatic nitrogens is 2. The van der Waals surface area contributed by atoms with Gasteiger partial charge in [0.1, 0.15) is 5.52 Å². The molecule has 0 aliphatic carbocycles. The van der Waals surface area contributed by atoms with E-state index in [2.05, 4.69) is 10.3 Å². The van der Waals surface area contributed by atoms with E-state index in [9.17, 15) is 9.59 Å². The lowest BCUT2D eigenvalue weighted by molar-refractivity contribution is -0.116. The van der Waals surface area contributed by atoms with Crippen LogP contribution in [0, 0.1) is 6.92 Å². The van der Waals surface area contributed by atoms with Crippen molar-refractivity contribution in [2.75, 3.05) is 5.32 Å². The van der Waals surface area contributed by atoms with Crippen LogP contribution in [0.15, 0.2) is 56.1 Å². The first kappa shape index (κ1) is 16.1. The third-order valence-corrected chi connectivity index (χ3v) is 4.14. The number of hydrogen-bond donors (Lipinski definition) is 1. The Morgan fingerprint density at radius 3 is 2.88 bits per heavy atom. The van der Waals surface area contributed by atoms with Crippen molar-refractivity contribution in [3.63, 3.8) is 0 Å². The molecule has 0 spiro atoms. The summed E-state index contributed by atoms with van der Waals surface area (Å²) in [6.45, 7) is 2.20. The van der Waals surface area contributed by atoms with E-state index in [-0.39, 0.29) is 5.91 Å². The highest BCUT2D eigenvalue weighted by atomic mass is 16.4. The van der Waals surface area contributed by atoms with Gasteiger partial charge in [0, 0.05) is 25.6 Å². The van der Waals surface area contributed by atoms with Gasteiger partial charge in [0.25, 0.3) is 0 Å². The fourth-order valence-electron chi connectivity index (χ4n) is 2.97. The summed E-state index contributed by atoms with van der Waals surface area (Å²) in [5.74, 6) is 0.0603. The number of amides is 1. The SMILES string of the molecule is Cc1nc2cc(NC(=O)CCCn3c(=O)oc4ccccc43)ccc2o1. The molecule has 2 aromatic heterocycles. The summed E-state index contributed by atoms with van der Waals surface area (Å²) in [5.41, 5.74) is 3.35. The Morgan fingerprint density at radius 2 is 2.00 bits per heavy atom. The third kappa shape index (κ3) is 3.11. The molecule has 1 N–H and O–H groups in total. The smallest absolute Gasteiger partial charge is 0.419 e. The minimum Gasteiger partial charge on any atom is -0.441 e. The molecule has 0 aliphatic heterocycles. The maximum atomic E-state index is 12.2. The summed E-state index contributed by atoms with van der Waals surface area (Å²) in [4.78, 5) is 28.3. The Balaban J connectivity index is 1.38. The van der Waals surface area contributed by atoms with Gasteiger partial charge in [0.15, 0.2) is 17.1 Å². The maximum Gasteiger partial charge on any atom is 0.419 e. The lowest BCUT2D eigenvalue weighted by Crippen LogP contribution is -2.17. The van der Waals surface area contributed by atoms with E-state index >= 15 is 0 Å². The number of aryl methyl sites for hydroxylation is 2. The molecule has 0 saturated carbocycles. The fourth-order valence-corrected chi connectivity index (χ4v) is 2.97. The Bertz CT molecular complexity index is 1150. The Hall–Kier alpha value is -3.35. The largest absolute Gasteiger partial charge is 0.441 e. The number of nitrogens with one attached hydrogen (secondary N) is 1. The van der Waals surface area contributed by atoms with E-state index in [0.29, 0.717) is 47.6 Å². The van der Waals surface area contributed by atoms with Crippen LogP contribution in [0.2, 0.25) is 0 Å². The molecule has 132 valence electrons. The molecule has 0 aliphatic rings. The number of para-hydroxylation sites is 2. The highest BCUT2D eigenvalue weighted by Gasteiger charge is 2.10. The Kier molecular flexibility index (Phi) is 4.04. The van der Waals surface area contributed by atoms with Crippen molar-refractivity contribution in [3.8, 4) is 0 Å². The van der Waals surface area contributed by atoms with E-state index in [0.717, 1.165) is 5.52 Å². The summed E-state index contributed by atoms with van der Waals surface area (Å²) in [6, 6.07) is 12.6. The van der Waals surface area contributed by atoms with E-state index in [1.807, 2.05) is 18.2 Å². The molecule has 2 heterocycles. The van der Waals surface area contributed by atoms with Crippen LogP contribution in [0.25, 0.3) is 22.2 Å². The van der Waals surface area contributed by atoms with Crippen molar-refractivity contribution in [2.45, 2.75) is 26.3 Å². The molecule has 0 fully saturated rings. The number of oxazole rings is 2. The third-order valence-electron chi connectivity index (χ3n) is 4.14. The number of benzene rings is 2. The second-order valence-corrected chi connectivity index (χ2v) is 6.05. The molecular formula is C19H17N3O4. The molecule has 0 unspecified atom stereocenters. The van der Waals surface area contributed by atoms with E-state index in [1.54, 1.807) is 35.8 Å². The summed E-state index contributed by atoms with van der Waals surface area (Å²) in [6.07, 6.45) is 0.822. The molecule has 4 rings (SSSR count). The van der Waals surface area contributed by atoms with Gasteiger partial charge in [-0.05, 0) is 36.8 Å². The van der Waals surface area contributed by atoms with E-state index in [4.69, 9.17) is 8.83 Å². The van der Waals surface area contributed by atoms with Gasteiger partial charge in [-0.15, -0.1) is 0 Å². The van der Waals surface area contributed by atoms with Crippen molar-refractivity contribution < 1.29 is 13.6 Å². The first-order valence-electron chi connectivity index (χ1n) is 8.35. The van der Waals surface area contributed by atoms with E-state index < -0.39 is 5.76 Å². The summed E-state index contributed by atoms with van der Waals surface area (Å²) >= 11 is 0. The van der Waals surface area contributed by atoms with Gasteiger partial charge >= 0.3 is 5.76 Å². The van der Waals surface area contributed by atoms with Crippen LogP contribution in [0.4, 0.5) is 5.69 Å². The molecular weight excluding hydrogens is 334 g/mol. The average Bonchev–Trinajstić information content (AvgIpc) is 3.13. The lowest BCUT2D eigenvalue weighted by Gasteiger charge is -2.05. The number of fused-ring (bicyclic) bond motifs is 2. The summed E-state index contributed by atoms with van der Waals surface area (Å²) in [5, 5.41) is 2.84. The van der Waals surface area contributed by atoms with Crippen molar-refractivity contribution in [2.24, 2.45) is 0 Å². The minimum atomic E-state index is -0.404. The molecule has 7 nitrogen and oxygen atoms in total. The second-order valence-electron chi connectivity index (χ2n) is 6.05. The molecule has 1 amide bonds. The maximum absolute atomic E-state index is 12.2. The van der Waals surface area contributed by atoms with Gasteiger partial charge in [-0.1, -0.05) is 12.1 Å². The minimum absolute atomic E-state index is 0.120. The quantitative estimate of drug-likeness (QED) is 0.594. The summed E-state index contributed by atoms with van der Waals surface area (Å²) in [7, 11) is 0. The standard InChI is InChI=1S/C19H17N3O4/c1-12-20-14-11-13(8-9-16(14)25-12)21-18(23)7-4-10-22-15-5-2-3-6-17(15)26-19(22)24/h2-3,5-6,8-9,11H,4,7,10H2,1H3,(H,21,23). The van der Waals surface area contributed by atoms with Gasteiger partial charge in [0.2, 0.25) is 5.91 Å². The van der Waals surface area contributed by atoms with Crippen LogP contribution in [-0.2, 0) is 11.3 Å². The number of nitrogens with zero attached hydrogens (tertiary/aromatic N) is 2. The first-order valence-corrected chi connectivity index (χ1v) is 8.35. The molecule has 0 atom stereocenters. The number of carbonyl (C=O) groups excluding carboxylic acids is 1. The molecule has 0 radical (unpaired) electrons. The van der Waals surface area contributed by atoms with Crippen molar-refractivity contribution in [3.05, 3.63) is 58.9 Å². The molecule has 4 aromatic rings. The van der Waals surface area contributed by atoms with Gasteiger partial charge < -0.3 is 14.2 Å². The highest BCUT2D eigenvalue weighted by molar-refractivity contribution is 5.92. The second kappa shape index (κ2) is 6.51. The molecule has 7 heteroatoms. The van der Waals surface area contributed by atoms with Crippen LogP contribution in [-0.4, -0.2) is 15.5 Å². The zero-order valence-corrected chi connectivity index (χ0v) is 14.2. The zero-order valence-electron chi connectivity index (χ0n) is 14.2. The van der Waals surface area contributed by atoms with Crippen LogP contribution in [0.5, 0.6) is 0 Å². The topological polar surface area (TPSA) is 90.3 Å². The highest BCUT2D eigenvalue weighted by Crippen LogP contribution is 2.20. The lowest BCUT2D eigenvalue weighted by atomic mass is 10.2. The van der Waals surface area contributed by atoms with E-state index in [1.165, 1.54) is 0 Å². The number of rotatable bonds is 5. The van der Waals surface area contributed by atoms with Crippen LogP contribution in [0.1, 0.15) is 18.7 Å². The first-order chi connectivity index (χ1) is 12.6. The average molecular weight is 351 g/mol. The van der Waals surface area contributed by atoms with Gasteiger partial charge in [-0.3, -0.25) is 9.36 Å². The van der Waals surface area contributed by atoms with Crippen LogP contribution in [0.3, 0.4) is 0 Å². The monoisotopic (exact) mass is 351 g/mol. The van der Waals surface area contributed by atoms with Crippen molar-refractivity contribution >= 4 is 33.8 Å². The van der Waals surface area contributed by atoms with Crippen molar-refractivity contribution in [1.29, 1.82) is 0 Å². The normalized spacial score (nSPS) is 11.3. The number of carbonyl (C=O) groups is 1. The predicted molar refractivity (Wildman–Crippen MR) is 97.1 cm³/mol. The van der Waals surface area contributed by atoms with Gasteiger partial charge in [0.05, 0.1) is 5.52 Å². The fraction of sp³-hybridized carbons (Fsp3) is 0.211.